The van der Waals surface area contributed by atoms with E-state index in [9.17, 15) is 9.18 Å². The van der Waals surface area contributed by atoms with Crippen molar-refractivity contribution in [1.82, 2.24) is 4.98 Å². The summed E-state index contributed by atoms with van der Waals surface area (Å²) in [6, 6.07) is 13.5. The number of aryl methyl sites for hydroxylation is 1. The van der Waals surface area contributed by atoms with Crippen LogP contribution in [0.5, 0.6) is 5.75 Å². The van der Waals surface area contributed by atoms with Crippen molar-refractivity contribution in [2.75, 3.05) is 5.32 Å². The summed E-state index contributed by atoms with van der Waals surface area (Å²) in [5.74, 6) is 0.268. The van der Waals surface area contributed by atoms with E-state index in [-0.39, 0.29) is 18.1 Å². The average Bonchev–Trinajstić information content (AvgIpc) is 3.02. The van der Waals surface area contributed by atoms with Gasteiger partial charge in [0.25, 0.3) is 0 Å². The van der Waals surface area contributed by atoms with E-state index < -0.39 is 0 Å². The summed E-state index contributed by atoms with van der Waals surface area (Å²) in [7, 11) is 0. The van der Waals surface area contributed by atoms with Crippen molar-refractivity contribution in [3.8, 4) is 5.75 Å². The zero-order valence-corrected chi connectivity index (χ0v) is 14.5. The summed E-state index contributed by atoms with van der Waals surface area (Å²) in [6.45, 7) is 2.38. The van der Waals surface area contributed by atoms with Crippen molar-refractivity contribution in [3.63, 3.8) is 0 Å². The fraction of sp³-hybridized carbons (Fsp3) is 0.158. The number of nitrogens with one attached hydrogen (secondary N) is 1. The van der Waals surface area contributed by atoms with Crippen LogP contribution in [0.2, 0.25) is 0 Å². The number of rotatable bonds is 6. The first-order valence-corrected chi connectivity index (χ1v) is 8.64. The van der Waals surface area contributed by atoms with Gasteiger partial charge in [-0.1, -0.05) is 12.1 Å². The molecule has 1 amide bonds. The van der Waals surface area contributed by atoms with Crippen LogP contribution in [0.1, 0.15) is 16.3 Å². The molecule has 0 fully saturated rings. The minimum absolute atomic E-state index is 0.165. The molecule has 6 heteroatoms. The molecule has 1 N–H and O–H groups in total. The number of hydrogen-bond acceptors (Lipinski definition) is 4. The van der Waals surface area contributed by atoms with Crippen LogP contribution >= 0.6 is 11.3 Å². The first kappa shape index (κ1) is 17.1. The molecule has 0 saturated carbocycles. The molecular weight excluding hydrogens is 339 g/mol. The number of nitrogens with zero attached hydrogens (tertiary/aromatic N) is 1. The summed E-state index contributed by atoms with van der Waals surface area (Å²) >= 11 is 1.46. The van der Waals surface area contributed by atoms with Gasteiger partial charge in [0, 0.05) is 11.1 Å². The first-order chi connectivity index (χ1) is 12.1. The highest BCUT2D eigenvalue weighted by Crippen LogP contribution is 2.17. The van der Waals surface area contributed by atoms with E-state index >= 15 is 0 Å². The molecule has 1 aromatic heterocycles. The number of anilines is 1. The van der Waals surface area contributed by atoms with Crippen molar-refractivity contribution in [2.45, 2.75) is 20.0 Å². The minimum atomic E-state index is -0.337. The third-order valence-corrected chi connectivity index (χ3v) is 4.29. The molecule has 25 heavy (non-hydrogen) atoms. The Balaban J connectivity index is 1.52. The van der Waals surface area contributed by atoms with Gasteiger partial charge >= 0.3 is 0 Å². The van der Waals surface area contributed by atoms with Crippen LogP contribution in [0.25, 0.3) is 0 Å². The molecule has 128 valence electrons. The standard InChI is InChI=1S/C19H17FN2O2S/c1-13-3-2-4-17(9-13)24-11-19-22-16(12-25-19)10-18(23)21-15-7-5-14(20)6-8-15/h2-9,12H,10-11H2,1H3,(H,21,23). The molecule has 0 aliphatic rings. The Hall–Kier alpha value is -2.73. The Labute approximate surface area is 149 Å². The van der Waals surface area contributed by atoms with Crippen molar-refractivity contribution in [3.05, 3.63) is 76.0 Å². The van der Waals surface area contributed by atoms with Crippen molar-refractivity contribution < 1.29 is 13.9 Å². The van der Waals surface area contributed by atoms with Gasteiger partial charge in [-0.15, -0.1) is 11.3 Å². The number of hydrogen-bond donors (Lipinski definition) is 1. The lowest BCUT2D eigenvalue weighted by atomic mass is 10.2. The number of halogens is 1. The molecule has 0 aliphatic heterocycles. The second-order valence-corrected chi connectivity index (χ2v) is 6.51. The Kier molecular flexibility index (Phi) is 5.40. The SMILES string of the molecule is Cc1cccc(OCc2nc(CC(=O)Nc3ccc(F)cc3)cs2)c1. The molecule has 0 saturated heterocycles. The lowest BCUT2D eigenvalue weighted by Gasteiger charge is -2.04. The van der Waals surface area contributed by atoms with E-state index in [0.29, 0.717) is 18.0 Å². The quantitative estimate of drug-likeness (QED) is 0.714. The second kappa shape index (κ2) is 7.90. The molecule has 2 aromatic carbocycles. The van der Waals surface area contributed by atoms with Crippen molar-refractivity contribution in [1.29, 1.82) is 0 Å². The minimum Gasteiger partial charge on any atom is -0.486 e. The number of benzene rings is 2. The van der Waals surface area contributed by atoms with Crippen LogP contribution in [-0.4, -0.2) is 10.9 Å². The summed E-state index contributed by atoms with van der Waals surface area (Å²) in [4.78, 5) is 16.4. The predicted octanol–water partition coefficient (Wildman–Crippen LogP) is 4.35. The maximum atomic E-state index is 12.9. The lowest BCUT2D eigenvalue weighted by molar-refractivity contribution is -0.115. The normalized spacial score (nSPS) is 10.5. The third kappa shape index (κ3) is 5.12. The molecule has 0 aliphatic carbocycles. The summed E-state index contributed by atoms with van der Waals surface area (Å²) in [6.07, 6.45) is 0.165. The number of aromatic nitrogens is 1. The third-order valence-electron chi connectivity index (χ3n) is 3.42. The Morgan fingerprint density at radius 1 is 1.24 bits per heavy atom. The van der Waals surface area contributed by atoms with Crippen molar-refractivity contribution in [2.24, 2.45) is 0 Å². The van der Waals surface area contributed by atoms with E-state index in [4.69, 9.17) is 4.74 Å². The smallest absolute Gasteiger partial charge is 0.230 e. The van der Waals surface area contributed by atoms with Gasteiger partial charge in [0.15, 0.2) is 0 Å². The highest BCUT2D eigenvalue weighted by Gasteiger charge is 2.09. The Morgan fingerprint density at radius 2 is 2.04 bits per heavy atom. The van der Waals surface area contributed by atoms with Crippen molar-refractivity contribution >= 4 is 22.9 Å². The molecular formula is C19H17FN2O2S. The maximum absolute atomic E-state index is 12.9. The Bertz CT molecular complexity index is 862. The van der Waals surface area contributed by atoms with Gasteiger partial charge in [-0.25, -0.2) is 9.37 Å². The van der Waals surface area contributed by atoms with E-state index in [1.165, 1.54) is 35.6 Å². The fourth-order valence-electron chi connectivity index (χ4n) is 2.25. The number of ether oxygens (including phenoxy) is 1. The maximum Gasteiger partial charge on any atom is 0.230 e. The van der Waals surface area contributed by atoms with Gasteiger partial charge in [0.2, 0.25) is 5.91 Å². The van der Waals surface area contributed by atoms with Gasteiger partial charge in [0.1, 0.15) is 23.2 Å². The molecule has 0 spiro atoms. The molecule has 0 atom stereocenters. The molecule has 0 radical (unpaired) electrons. The predicted molar refractivity (Wildman–Crippen MR) is 96.4 cm³/mol. The molecule has 3 rings (SSSR count). The van der Waals surface area contributed by atoms with E-state index in [1.54, 1.807) is 0 Å². The van der Waals surface area contributed by atoms with Gasteiger partial charge in [-0.2, -0.15) is 0 Å². The van der Waals surface area contributed by atoms with Crippen LogP contribution in [-0.2, 0) is 17.8 Å². The molecule has 4 nitrogen and oxygen atoms in total. The Morgan fingerprint density at radius 3 is 2.80 bits per heavy atom. The van der Waals surface area contributed by atoms with Crippen LogP contribution in [0.3, 0.4) is 0 Å². The van der Waals surface area contributed by atoms with E-state index in [2.05, 4.69) is 10.3 Å². The van der Waals surface area contributed by atoms with Gasteiger partial charge in [0.05, 0.1) is 12.1 Å². The molecule has 1 heterocycles. The van der Waals surface area contributed by atoms with Gasteiger partial charge < -0.3 is 10.1 Å². The first-order valence-electron chi connectivity index (χ1n) is 7.77. The summed E-state index contributed by atoms with van der Waals surface area (Å²) < 4.78 is 18.6. The monoisotopic (exact) mass is 356 g/mol. The summed E-state index contributed by atoms with van der Waals surface area (Å²) in [5.41, 5.74) is 2.38. The van der Waals surface area contributed by atoms with Crippen LogP contribution < -0.4 is 10.1 Å². The topological polar surface area (TPSA) is 51.2 Å². The lowest BCUT2D eigenvalue weighted by Crippen LogP contribution is -2.14. The number of carbonyl (C=O) groups excluding carboxylic acids is 1. The van der Waals surface area contributed by atoms with Crippen LogP contribution in [0, 0.1) is 12.7 Å². The largest absolute Gasteiger partial charge is 0.486 e. The number of amides is 1. The van der Waals surface area contributed by atoms with Gasteiger partial charge in [-0.3, -0.25) is 4.79 Å². The van der Waals surface area contributed by atoms with Crippen LogP contribution in [0.15, 0.2) is 53.9 Å². The number of carbonyl (C=O) groups is 1. The van der Waals surface area contributed by atoms with E-state index in [0.717, 1.165) is 16.3 Å². The molecule has 3 aromatic rings. The fourth-order valence-corrected chi connectivity index (χ4v) is 2.95. The molecule has 0 unspecified atom stereocenters. The highest BCUT2D eigenvalue weighted by atomic mass is 32.1. The van der Waals surface area contributed by atoms with E-state index in [1.807, 2.05) is 36.6 Å². The zero-order valence-electron chi connectivity index (χ0n) is 13.7. The second-order valence-electron chi connectivity index (χ2n) is 5.57. The zero-order chi connectivity index (χ0) is 17.6. The van der Waals surface area contributed by atoms with Gasteiger partial charge in [-0.05, 0) is 48.9 Å². The average molecular weight is 356 g/mol. The highest BCUT2D eigenvalue weighted by molar-refractivity contribution is 7.09. The number of thiazole rings is 1. The molecule has 0 bridgehead atoms. The van der Waals surface area contributed by atoms with Crippen LogP contribution in [0.4, 0.5) is 10.1 Å². The summed E-state index contributed by atoms with van der Waals surface area (Å²) in [5, 5.41) is 5.38.